The van der Waals surface area contributed by atoms with Crippen LogP contribution in [0.5, 0.6) is 0 Å². The summed E-state index contributed by atoms with van der Waals surface area (Å²) in [6.45, 7) is 9.31. The molecule has 144 valence electrons. The van der Waals surface area contributed by atoms with Crippen LogP contribution in [0.2, 0.25) is 5.02 Å². The molecule has 0 atom stereocenters. The average molecular weight is 386 g/mol. The van der Waals surface area contributed by atoms with Crippen molar-refractivity contribution in [3.8, 4) is 0 Å². The summed E-state index contributed by atoms with van der Waals surface area (Å²) in [4.78, 5) is 17.2. The van der Waals surface area contributed by atoms with Crippen LogP contribution in [-0.4, -0.2) is 48.4 Å². The van der Waals surface area contributed by atoms with Gasteiger partial charge in [0.1, 0.15) is 0 Å². The number of anilines is 1. The molecule has 0 unspecified atom stereocenters. The standard InChI is InChI=1S/C22H28ClN3O/c1-3-19-6-4-5-17(2)22(19)24-21(27)16-26-13-11-25(12-14-26)15-18-7-9-20(23)10-8-18/h4-10H,3,11-16H2,1-2H3,(H,24,27). The summed E-state index contributed by atoms with van der Waals surface area (Å²) >= 11 is 5.95. The maximum absolute atomic E-state index is 12.5. The molecule has 0 radical (unpaired) electrons. The summed E-state index contributed by atoms with van der Waals surface area (Å²) < 4.78 is 0. The first-order valence-corrected chi connectivity index (χ1v) is 10.0. The highest BCUT2D eigenvalue weighted by atomic mass is 35.5. The van der Waals surface area contributed by atoms with E-state index < -0.39 is 0 Å². The molecule has 0 spiro atoms. The Balaban J connectivity index is 1.47. The summed E-state index contributed by atoms with van der Waals surface area (Å²) in [6.07, 6.45) is 0.917. The second-order valence-electron chi connectivity index (χ2n) is 7.19. The average Bonchev–Trinajstić information content (AvgIpc) is 2.67. The van der Waals surface area contributed by atoms with E-state index in [4.69, 9.17) is 11.6 Å². The van der Waals surface area contributed by atoms with Crippen molar-refractivity contribution < 1.29 is 4.79 Å². The van der Waals surface area contributed by atoms with E-state index in [1.807, 2.05) is 31.2 Å². The van der Waals surface area contributed by atoms with Gasteiger partial charge in [-0.1, -0.05) is 48.9 Å². The van der Waals surface area contributed by atoms with E-state index in [1.54, 1.807) is 0 Å². The van der Waals surface area contributed by atoms with Crippen LogP contribution in [0.3, 0.4) is 0 Å². The van der Waals surface area contributed by atoms with Crippen molar-refractivity contribution >= 4 is 23.2 Å². The van der Waals surface area contributed by atoms with Gasteiger partial charge in [0.25, 0.3) is 0 Å². The van der Waals surface area contributed by atoms with Crippen molar-refractivity contribution in [3.05, 3.63) is 64.2 Å². The Hall–Kier alpha value is -1.88. The van der Waals surface area contributed by atoms with Gasteiger partial charge in [-0.15, -0.1) is 0 Å². The van der Waals surface area contributed by atoms with E-state index in [9.17, 15) is 4.79 Å². The van der Waals surface area contributed by atoms with Gasteiger partial charge in [-0.2, -0.15) is 0 Å². The molecule has 4 nitrogen and oxygen atoms in total. The maximum Gasteiger partial charge on any atom is 0.238 e. The van der Waals surface area contributed by atoms with Crippen LogP contribution >= 0.6 is 11.6 Å². The summed E-state index contributed by atoms with van der Waals surface area (Å²) in [5.74, 6) is 0.0742. The number of halogens is 1. The lowest BCUT2D eigenvalue weighted by atomic mass is 10.1. The fourth-order valence-corrected chi connectivity index (χ4v) is 3.66. The van der Waals surface area contributed by atoms with Crippen LogP contribution in [0, 0.1) is 6.92 Å². The number of benzene rings is 2. The fraction of sp³-hybridized carbons (Fsp3) is 0.409. The van der Waals surface area contributed by atoms with Crippen LogP contribution in [0.25, 0.3) is 0 Å². The van der Waals surface area contributed by atoms with Crippen molar-refractivity contribution in [2.75, 3.05) is 38.0 Å². The zero-order valence-corrected chi connectivity index (χ0v) is 16.9. The minimum atomic E-state index is 0.0742. The number of nitrogens with zero attached hydrogens (tertiary/aromatic N) is 2. The molecule has 1 N–H and O–H groups in total. The number of amides is 1. The third-order valence-corrected chi connectivity index (χ3v) is 5.41. The predicted octanol–water partition coefficient (Wildman–Crippen LogP) is 3.97. The Morgan fingerprint density at radius 3 is 2.37 bits per heavy atom. The molecule has 0 saturated carbocycles. The van der Waals surface area contributed by atoms with Crippen LogP contribution in [0.15, 0.2) is 42.5 Å². The summed E-state index contributed by atoms with van der Waals surface area (Å²) in [5, 5.41) is 3.90. The molecular weight excluding hydrogens is 358 g/mol. The van der Waals surface area contributed by atoms with Crippen LogP contribution in [0.1, 0.15) is 23.6 Å². The fourth-order valence-electron chi connectivity index (χ4n) is 3.54. The number of para-hydroxylation sites is 1. The minimum Gasteiger partial charge on any atom is -0.324 e. The molecule has 0 bridgehead atoms. The Kier molecular flexibility index (Phi) is 6.89. The number of hydrogen-bond acceptors (Lipinski definition) is 3. The second kappa shape index (κ2) is 9.36. The van der Waals surface area contributed by atoms with Gasteiger partial charge in [-0.05, 0) is 42.2 Å². The predicted molar refractivity (Wildman–Crippen MR) is 112 cm³/mol. The molecule has 5 heteroatoms. The molecular formula is C22H28ClN3O. The first kappa shape index (κ1) is 19.9. The molecule has 2 aromatic carbocycles. The number of hydrogen-bond donors (Lipinski definition) is 1. The molecule has 1 fully saturated rings. The van der Waals surface area contributed by atoms with Gasteiger partial charge in [0.2, 0.25) is 5.91 Å². The molecule has 1 saturated heterocycles. The maximum atomic E-state index is 12.5. The number of carbonyl (C=O) groups is 1. The largest absolute Gasteiger partial charge is 0.324 e. The van der Waals surface area contributed by atoms with Crippen molar-refractivity contribution in [1.82, 2.24) is 9.80 Å². The van der Waals surface area contributed by atoms with Gasteiger partial charge in [0.05, 0.1) is 6.54 Å². The highest BCUT2D eigenvalue weighted by Crippen LogP contribution is 2.21. The lowest BCUT2D eigenvalue weighted by molar-refractivity contribution is -0.117. The second-order valence-corrected chi connectivity index (χ2v) is 7.63. The van der Waals surface area contributed by atoms with Gasteiger partial charge < -0.3 is 5.32 Å². The third-order valence-electron chi connectivity index (χ3n) is 5.16. The molecule has 1 heterocycles. The number of carbonyl (C=O) groups excluding carboxylic acids is 1. The zero-order chi connectivity index (χ0) is 19.2. The van der Waals surface area contributed by atoms with Crippen molar-refractivity contribution in [2.24, 2.45) is 0 Å². The molecule has 27 heavy (non-hydrogen) atoms. The van der Waals surface area contributed by atoms with Crippen molar-refractivity contribution in [2.45, 2.75) is 26.8 Å². The molecule has 0 aromatic heterocycles. The number of nitrogens with one attached hydrogen (secondary N) is 1. The number of aryl methyl sites for hydroxylation is 2. The van der Waals surface area contributed by atoms with Crippen molar-refractivity contribution in [3.63, 3.8) is 0 Å². The first-order valence-electron chi connectivity index (χ1n) is 9.62. The van der Waals surface area contributed by atoms with E-state index in [-0.39, 0.29) is 5.91 Å². The smallest absolute Gasteiger partial charge is 0.238 e. The molecule has 3 rings (SSSR count). The third kappa shape index (κ3) is 5.55. The molecule has 1 amide bonds. The van der Waals surface area contributed by atoms with E-state index in [0.717, 1.165) is 55.4 Å². The highest BCUT2D eigenvalue weighted by molar-refractivity contribution is 6.30. The Labute approximate surface area is 167 Å². The monoisotopic (exact) mass is 385 g/mol. The minimum absolute atomic E-state index is 0.0742. The van der Waals surface area contributed by atoms with Gasteiger partial charge in [0.15, 0.2) is 0 Å². The van der Waals surface area contributed by atoms with Crippen LogP contribution in [-0.2, 0) is 17.8 Å². The van der Waals surface area contributed by atoms with E-state index in [2.05, 4.69) is 40.2 Å². The topological polar surface area (TPSA) is 35.6 Å². The Morgan fingerprint density at radius 2 is 1.70 bits per heavy atom. The van der Waals surface area contributed by atoms with Crippen LogP contribution < -0.4 is 5.32 Å². The SMILES string of the molecule is CCc1cccc(C)c1NC(=O)CN1CCN(Cc2ccc(Cl)cc2)CC1. The van der Waals surface area contributed by atoms with Gasteiger partial charge >= 0.3 is 0 Å². The molecule has 1 aliphatic rings. The Morgan fingerprint density at radius 1 is 1.04 bits per heavy atom. The molecule has 0 aliphatic carbocycles. The van der Waals surface area contributed by atoms with Gasteiger partial charge in [-0.3, -0.25) is 14.6 Å². The summed E-state index contributed by atoms with van der Waals surface area (Å²) in [6, 6.07) is 14.2. The zero-order valence-electron chi connectivity index (χ0n) is 16.2. The summed E-state index contributed by atoms with van der Waals surface area (Å²) in [5.41, 5.74) is 4.57. The van der Waals surface area contributed by atoms with Crippen LogP contribution in [0.4, 0.5) is 5.69 Å². The van der Waals surface area contributed by atoms with Crippen molar-refractivity contribution in [1.29, 1.82) is 0 Å². The normalized spacial score (nSPS) is 15.7. The quantitative estimate of drug-likeness (QED) is 0.817. The molecule has 1 aliphatic heterocycles. The highest BCUT2D eigenvalue weighted by Gasteiger charge is 2.19. The lowest BCUT2D eigenvalue weighted by Gasteiger charge is -2.34. The summed E-state index contributed by atoms with van der Waals surface area (Å²) in [7, 11) is 0. The first-order chi connectivity index (χ1) is 13.0. The molecule has 2 aromatic rings. The van der Waals surface area contributed by atoms with Gasteiger partial charge in [0, 0.05) is 43.4 Å². The van der Waals surface area contributed by atoms with E-state index in [0.29, 0.717) is 6.54 Å². The number of rotatable bonds is 6. The van der Waals surface area contributed by atoms with Gasteiger partial charge in [-0.25, -0.2) is 0 Å². The number of piperazine rings is 1. The van der Waals surface area contributed by atoms with E-state index in [1.165, 1.54) is 11.1 Å². The Bertz CT molecular complexity index is 768. The van der Waals surface area contributed by atoms with E-state index >= 15 is 0 Å². The lowest BCUT2D eigenvalue weighted by Crippen LogP contribution is -2.48.